The molecule has 0 saturated carbocycles. The topological polar surface area (TPSA) is 55.2 Å². The number of carbonyl (C=O) groups excluding carboxylic acids is 1. The normalized spacial score (nSPS) is 14.3. The van der Waals surface area contributed by atoms with Gasteiger partial charge >= 0.3 is 0 Å². The quantitative estimate of drug-likeness (QED) is 0.510. The second-order valence-corrected chi connectivity index (χ2v) is 8.15. The van der Waals surface area contributed by atoms with Crippen LogP contribution in [0.3, 0.4) is 0 Å². The Hall–Kier alpha value is -2.12. The van der Waals surface area contributed by atoms with Gasteiger partial charge in [-0.1, -0.05) is 42.1 Å². The van der Waals surface area contributed by atoms with Crippen LogP contribution in [0.4, 0.5) is 0 Å². The van der Waals surface area contributed by atoms with Gasteiger partial charge in [-0.05, 0) is 18.4 Å². The van der Waals surface area contributed by atoms with Crippen molar-refractivity contribution in [2.75, 3.05) is 18.8 Å². The van der Waals surface area contributed by atoms with Crippen molar-refractivity contribution in [2.45, 2.75) is 18.0 Å². The minimum Gasteiger partial charge on any atom is -0.342 e. The Balaban J connectivity index is 1.67. The van der Waals surface area contributed by atoms with Gasteiger partial charge in [0.05, 0.1) is 11.3 Å². The first-order valence-corrected chi connectivity index (χ1v) is 10.5. The summed E-state index contributed by atoms with van der Waals surface area (Å²) in [5, 5.41) is 2.57. The number of hydrogen-bond donors (Lipinski definition) is 0. The second kappa shape index (κ2) is 7.25. The van der Waals surface area contributed by atoms with Crippen LogP contribution in [0.25, 0.3) is 21.3 Å². The molecule has 26 heavy (non-hydrogen) atoms. The van der Waals surface area contributed by atoms with Crippen LogP contribution < -0.4 is 5.56 Å². The number of fused-ring (bicyclic) bond motifs is 1. The van der Waals surface area contributed by atoms with E-state index >= 15 is 0 Å². The van der Waals surface area contributed by atoms with Crippen LogP contribution >= 0.6 is 23.1 Å². The van der Waals surface area contributed by atoms with Crippen molar-refractivity contribution in [3.05, 3.63) is 46.1 Å². The Morgan fingerprint density at radius 1 is 1.23 bits per heavy atom. The van der Waals surface area contributed by atoms with Crippen LogP contribution in [-0.4, -0.2) is 39.2 Å². The molecule has 1 aliphatic rings. The number of rotatable bonds is 4. The summed E-state index contributed by atoms with van der Waals surface area (Å²) >= 11 is 2.77. The molecule has 1 amide bonds. The minimum atomic E-state index is -0.0571. The molecule has 3 aromatic rings. The zero-order chi connectivity index (χ0) is 18.1. The number of thioether (sulfide) groups is 1. The fourth-order valence-corrected chi connectivity index (χ4v) is 5.02. The second-order valence-electron chi connectivity index (χ2n) is 6.33. The molecule has 0 spiro atoms. The van der Waals surface area contributed by atoms with Crippen LogP contribution in [0, 0.1) is 0 Å². The van der Waals surface area contributed by atoms with E-state index in [0.29, 0.717) is 15.6 Å². The lowest BCUT2D eigenvalue weighted by molar-refractivity contribution is -0.127. The van der Waals surface area contributed by atoms with Crippen LogP contribution in [0.1, 0.15) is 12.8 Å². The van der Waals surface area contributed by atoms with E-state index in [4.69, 9.17) is 4.98 Å². The van der Waals surface area contributed by atoms with Crippen LogP contribution in [0.15, 0.2) is 45.7 Å². The molecule has 134 valence electrons. The minimum absolute atomic E-state index is 0.0571. The highest BCUT2D eigenvalue weighted by Gasteiger charge is 2.20. The van der Waals surface area contributed by atoms with E-state index in [1.54, 1.807) is 11.6 Å². The molecule has 0 N–H and O–H groups in total. The SMILES string of the molecule is Cn1c(SCC(=O)N2CCCC2)nc2c(-c3ccccc3)csc2c1=O. The summed E-state index contributed by atoms with van der Waals surface area (Å²) in [4.78, 5) is 31.7. The number of hydrogen-bond acceptors (Lipinski definition) is 5. The number of amides is 1. The summed E-state index contributed by atoms with van der Waals surface area (Å²) in [5.74, 6) is 0.437. The van der Waals surface area contributed by atoms with Gasteiger partial charge < -0.3 is 4.90 Å². The summed E-state index contributed by atoms with van der Waals surface area (Å²) in [5.41, 5.74) is 2.68. The number of thiophene rings is 1. The maximum Gasteiger partial charge on any atom is 0.271 e. The van der Waals surface area contributed by atoms with E-state index in [-0.39, 0.29) is 11.5 Å². The summed E-state index contributed by atoms with van der Waals surface area (Å²) in [6, 6.07) is 9.96. The maximum atomic E-state index is 12.7. The molecule has 0 radical (unpaired) electrons. The first kappa shape index (κ1) is 17.3. The highest BCUT2D eigenvalue weighted by atomic mass is 32.2. The van der Waals surface area contributed by atoms with Crippen LogP contribution in [-0.2, 0) is 11.8 Å². The van der Waals surface area contributed by atoms with Gasteiger partial charge in [-0.25, -0.2) is 4.98 Å². The Morgan fingerprint density at radius 3 is 2.69 bits per heavy atom. The van der Waals surface area contributed by atoms with Crippen molar-refractivity contribution in [2.24, 2.45) is 7.05 Å². The van der Waals surface area contributed by atoms with E-state index in [9.17, 15) is 9.59 Å². The molecule has 0 unspecified atom stereocenters. The molecule has 0 bridgehead atoms. The monoisotopic (exact) mass is 385 g/mol. The van der Waals surface area contributed by atoms with Crippen molar-refractivity contribution in [3.63, 3.8) is 0 Å². The van der Waals surface area contributed by atoms with Crippen molar-refractivity contribution in [3.8, 4) is 11.1 Å². The smallest absolute Gasteiger partial charge is 0.271 e. The molecule has 5 nitrogen and oxygen atoms in total. The number of likely N-dealkylation sites (tertiary alicyclic amines) is 1. The molecular formula is C19H19N3O2S2. The van der Waals surface area contributed by atoms with E-state index in [1.165, 1.54) is 23.1 Å². The molecule has 0 aliphatic carbocycles. The summed E-state index contributed by atoms with van der Waals surface area (Å²) in [7, 11) is 1.72. The van der Waals surface area contributed by atoms with E-state index < -0.39 is 0 Å². The van der Waals surface area contributed by atoms with Gasteiger partial charge in [-0.3, -0.25) is 14.2 Å². The van der Waals surface area contributed by atoms with Gasteiger partial charge in [0.25, 0.3) is 5.56 Å². The third-order valence-corrected chi connectivity index (χ3v) is 6.60. The van der Waals surface area contributed by atoms with E-state index in [1.807, 2.05) is 40.6 Å². The zero-order valence-electron chi connectivity index (χ0n) is 14.5. The van der Waals surface area contributed by atoms with Gasteiger partial charge in [-0.15, -0.1) is 11.3 Å². The Labute approximate surface area is 159 Å². The van der Waals surface area contributed by atoms with Gasteiger partial charge in [0.15, 0.2) is 5.16 Å². The largest absolute Gasteiger partial charge is 0.342 e. The fourth-order valence-electron chi connectivity index (χ4n) is 3.16. The number of aromatic nitrogens is 2. The number of benzene rings is 1. The van der Waals surface area contributed by atoms with Crippen molar-refractivity contribution < 1.29 is 4.79 Å². The van der Waals surface area contributed by atoms with E-state index in [2.05, 4.69) is 0 Å². The van der Waals surface area contributed by atoms with Gasteiger partial charge in [-0.2, -0.15) is 0 Å². The zero-order valence-corrected chi connectivity index (χ0v) is 16.1. The lowest BCUT2D eigenvalue weighted by Crippen LogP contribution is -2.29. The van der Waals surface area contributed by atoms with Crippen molar-refractivity contribution in [1.82, 2.24) is 14.5 Å². The molecule has 7 heteroatoms. The van der Waals surface area contributed by atoms with Gasteiger partial charge in [0.2, 0.25) is 5.91 Å². The first-order chi connectivity index (χ1) is 12.6. The molecular weight excluding hydrogens is 366 g/mol. The third kappa shape index (κ3) is 3.17. The lowest BCUT2D eigenvalue weighted by atomic mass is 10.1. The highest BCUT2D eigenvalue weighted by molar-refractivity contribution is 7.99. The molecule has 1 aromatic carbocycles. The average Bonchev–Trinajstić information content (AvgIpc) is 3.34. The molecule has 0 atom stereocenters. The Bertz CT molecular complexity index is 1000. The first-order valence-electron chi connectivity index (χ1n) is 8.59. The van der Waals surface area contributed by atoms with Gasteiger partial charge in [0, 0.05) is 31.1 Å². The standard InChI is InChI=1S/C19H19N3O2S2/c1-21-18(24)17-16(14(11-25-17)13-7-3-2-4-8-13)20-19(21)26-12-15(23)22-9-5-6-10-22/h2-4,7-8,11H,5-6,9-10,12H2,1H3. The number of carbonyl (C=O) groups is 1. The molecule has 3 heterocycles. The van der Waals surface area contributed by atoms with Crippen LogP contribution in [0.2, 0.25) is 0 Å². The number of nitrogens with zero attached hydrogens (tertiary/aromatic N) is 3. The molecule has 1 saturated heterocycles. The predicted molar refractivity (Wildman–Crippen MR) is 107 cm³/mol. The van der Waals surface area contributed by atoms with E-state index in [0.717, 1.165) is 42.6 Å². The summed E-state index contributed by atoms with van der Waals surface area (Å²) in [6.07, 6.45) is 2.16. The fraction of sp³-hybridized carbons (Fsp3) is 0.316. The summed E-state index contributed by atoms with van der Waals surface area (Å²) < 4.78 is 2.21. The van der Waals surface area contributed by atoms with Crippen LogP contribution in [0.5, 0.6) is 0 Å². The average molecular weight is 386 g/mol. The highest BCUT2D eigenvalue weighted by Crippen LogP contribution is 2.32. The molecule has 1 fully saturated rings. The van der Waals surface area contributed by atoms with Crippen molar-refractivity contribution >= 4 is 39.2 Å². The van der Waals surface area contributed by atoms with Crippen molar-refractivity contribution in [1.29, 1.82) is 0 Å². The molecule has 2 aromatic heterocycles. The molecule has 1 aliphatic heterocycles. The Kier molecular flexibility index (Phi) is 4.82. The Morgan fingerprint density at radius 2 is 1.96 bits per heavy atom. The summed E-state index contributed by atoms with van der Waals surface area (Å²) in [6.45, 7) is 1.68. The maximum absolute atomic E-state index is 12.7. The third-order valence-electron chi connectivity index (χ3n) is 4.63. The lowest BCUT2D eigenvalue weighted by Gasteiger charge is -2.15. The van der Waals surface area contributed by atoms with Gasteiger partial charge in [0.1, 0.15) is 4.70 Å². The predicted octanol–water partition coefficient (Wildman–Crippen LogP) is 3.38. The molecule has 4 rings (SSSR count).